The van der Waals surface area contributed by atoms with E-state index >= 15 is 0 Å². The molecule has 0 radical (unpaired) electrons. The molecule has 3 aromatic rings. The highest BCUT2D eigenvalue weighted by Gasteiger charge is 2.31. The van der Waals surface area contributed by atoms with Gasteiger partial charge in [-0.15, -0.1) is 0 Å². The topological polar surface area (TPSA) is 86.1 Å². The van der Waals surface area contributed by atoms with Crippen LogP contribution in [0.1, 0.15) is 47.9 Å². The minimum Gasteiger partial charge on any atom is -0.399 e. The molecule has 8 heteroatoms. The summed E-state index contributed by atoms with van der Waals surface area (Å²) >= 11 is 0. The van der Waals surface area contributed by atoms with E-state index in [1.165, 1.54) is 11.6 Å². The average Bonchev–Trinajstić information content (AvgIpc) is 3.21. The second-order valence-corrected chi connectivity index (χ2v) is 7.87. The van der Waals surface area contributed by atoms with E-state index in [0.717, 1.165) is 48.1 Å². The van der Waals surface area contributed by atoms with Gasteiger partial charge < -0.3 is 21.1 Å². The number of rotatable bonds is 5. The van der Waals surface area contributed by atoms with Crippen molar-refractivity contribution in [3.8, 4) is 0 Å². The Bertz CT molecular complexity index is 1120. The predicted octanol–water partition coefficient (Wildman–Crippen LogP) is 4.49. The Morgan fingerprint density at radius 1 is 1.16 bits per heavy atom. The molecule has 5 nitrogen and oxygen atoms in total. The third-order valence-electron chi connectivity index (χ3n) is 5.63. The van der Waals surface area contributed by atoms with Crippen molar-refractivity contribution < 1.29 is 18.3 Å². The molecular formula is C23H25F3N4O. The summed E-state index contributed by atoms with van der Waals surface area (Å²) in [5.74, 6) is 0. The van der Waals surface area contributed by atoms with Crippen LogP contribution in [-0.2, 0) is 6.18 Å². The molecule has 2 aromatic carbocycles. The van der Waals surface area contributed by atoms with Crippen LogP contribution < -0.4 is 16.4 Å². The van der Waals surface area contributed by atoms with Gasteiger partial charge in [-0.25, -0.2) is 0 Å². The first-order chi connectivity index (χ1) is 14.7. The summed E-state index contributed by atoms with van der Waals surface area (Å²) in [5.41, 5.74) is 8.92. The summed E-state index contributed by atoms with van der Waals surface area (Å²) in [6.45, 7) is 3.38. The first-order valence-electron chi connectivity index (χ1n) is 10.2. The van der Waals surface area contributed by atoms with Gasteiger partial charge in [0.2, 0.25) is 0 Å². The summed E-state index contributed by atoms with van der Waals surface area (Å²) in [7, 11) is 0. The van der Waals surface area contributed by atoms with E-state index in [1.54, 1.807) is 13.1 Å². The maximum atomic E-state index is 13.2. The molecule has 1 aliphatic rings. The maximum absolute atomic E-state index is 13.2. The van der Waals surface area contributed by atoms with Crippen molar-refractivity contribution in [1.29, 1.82) is 0 Å². The van der Waals surface area contributed by atoms with Gasteiger partial charge in [0, 0.05) is 35.4 Å². The van der Waals surface area contributed by atoms with Crippen LogP contribution in [0, 0.1) is 0 Å². The minimum atomic E-state index is -4.49. The maximum Gasteiger partial charge on any atom is 0.416 e. The van der Waals surface area contributed by atoms with Crippen molar-refractivity contribution >= 4 is 22.2 Å². The largest absolute Gasteiger partial charge is 0.416 e. The number of H-pyrrole nitrogens is 1. The number of nitrogens with one attached hydrogen (secondary N) is 3. The quantitative estimate of drug-likeness (QED) is 0.305. The fraction of sp³-hybridized carbons (Fsp3) is 0.304. The molecule has 0 amide bonds. The fourth-order valence-electron chi connectivity index (χ4n) is 4.00. The summed E-state index contributed by atoms with van der Waals surface area (Å²) in [6.07, 6.45) is -0.753. The molecule has 31 heavy (non-hydrogen) atoms. The highest BCUT2D eigenvalue weighted by molar-refractivity contribution is 5.87. The normalized spacial score (nSPS) is 16.9. The molecule has 1 unspecified atom stereocenters. The van der Waals surface area contributed by atoms with E-state index in [4.69, 9.17) is 5.73 Å². The van der Waals surface area contributed by atoms with E-state index in [-0.39, 0.29) is 5.69 Å². The Kier molecular flexibility index (Phi) is 5.79. The summed E-state index contributed by atoms with van der Waals surface area (Å²) in [4.78, 5) is 3.15. The predicted molar refractivity (Wildman–Crippen MR) is 116 cm³/mol. The summed E-state index contributed by atoms with van der Waals surface area (Å²) in [5, 5.41) is 18.2. The summed E-state index contributed by atoms with van der Waals surface area (Å²) < 4.78 is 39.5. The van der Waals surface area contributed by atoms with Crippen LogP contribution in [-0.4, -0.2) is 23.2 Å². The molecule has 6 N–H and O–H groups in total. The first-order valence-corrected chi connectivity index (χ1v) is 10.2. The lowest BCUT2D eigenvalue weighted by Gasteiger charge is -2.23. The molecule has 0 aliphatic carbocycles. The molecule has 1 aliphatic heterocycles. The van der Waals surface area contributed by atoms with Crippen LogP contribution >= 0.6 is 0 Å². The van der Waals surface area contributed by atoms with Gasteiger partial charge in [-0.2, -0.15) is 13.2 Å². The molecular weight excluding hydrogens is 405 g/mol. The molecule has 2 heterocycles. The monoisotopic (exact) mass is 430 g/mol. The van der Waals surface area contributed by atoms with Gasteiger partial charge in [-0.3, -0.25) is 5.32 Å². The van der Waals surface area contributed by atoms with E-state index in [0.29, 0.717) is 11.1 Å². The van der Waals surface area contributed by atoms with Crippen LogP contribution in [0.2, 0.25) is 0 Å². The number of aromatic amines is 1. The van der Waals surface area contributed by atoms with E-state index in [9.17, 15) is 18.3 Å². The van der Waals surface area contributed by atoms with Crippen molar-refractivity contribution in [2.75, 3.05) is 18.8 Å². The molecule has 0 fully saturated rings. The van der Waals surface area contributed by atoms with Gasteiger partial charge in [-0.1, -0.05) is 6.08 Å². The highest BCUT2D eigenvalue weighted by atomic mass is 19.4. The number of anilines is 1. The van der Waals surface area contributed by atoms with Gasteiger partial charge in [0.05, 0.1) is 11.1 Å². The van der Waals surface area contributed by atoms with Gasteiger partial charge in [-0.05, 0) is 73.0 Å². The van der Waals surface area contributed by atoms with Crippen molar-refractivity contribution in [2.45, 2.75) is 31.8 Å². The zero-order valence-electron chi connectivity index (χ0n) is 17.1. The molecule has 0 spiro atoms. The number of aliphatic hydroxyl groups is 1. The third kappa shape index (κ3) is 4.61. The molecule has 4 rings (SSSR count). The lowest BCUT2D eigenvalue weighted by atomic mass is 9.95. The third-order valence-corrected chi connectivity index (χ3v) is 5.63. The average molecular weight is 430 g/mol. The Balaban J connectivity index is 1.64. The number of hydrogen-bond donors (Lipinski definition) is 5. The van der Waals surface area contributed by atoms with E-state index in [2.05, 4.69) is 27.8 Å². The number of nitrogens with two attached hydrogens (primary N) is 1. The number of aliphatic hydroxyl groups excluding tert-OH is 1. The van der Waals surface area contributed by atoms with Crippen molar-refractivity contribution in [1.82, 2.24) is 15.6 Å². The second-order valence-electron chi connectivity index (χ2n) is 7.87. The number of aromatic nitrogens is 1. The number of fused-ring (bicyclic) bond motifs is 1. The summed E-state index contributed by atoms with van der Waals surface area (Å²) in [6, 6.07) is 8.84. The fourth-order valence-corrected chi connectivity index (χ4v) is 4.00. The van der Waals surface area contributed by atoms with Crippen molar-refractivity contribution in [3.63, 3.8) is 0 Å². The molecule has 0 saturated heterocycles. The molecule has 1 aromatic heterocycles. The number of alkyl halides is 3. The van der Waals surface area contributed by atoms with Crippen LogP contribution in [0.3, 0.4) is 0 Å². The van der Waals surface area contributed by atoms with Crippen molar-refractivity contribution in [2.24, 2.45) is 0 Å². The van der Waals surface area contributed by atoms with Crippen LogP contribution in [0.15, 0.2) is 48.7 Å². The van der Waals surface area contributed by atoms with E-state index < -0.39 is 24.0 Å². The van der Waals surface area contributed by atoms with Gasteiger partial charge in [0.25, 0.3) is 0 Å². The van der Waals surface area contributed by atoms with Crippen LogP contribution in [0.25, 0.3) is 16.5 Å². The Hall–Kier alpha value is -2.81. The molecule has 164 valence electrons. The zero-order valence-corrected chi connectivity index (χ0v) is 17.1. The first kappa shape index (κ1) is 21.4. The van der Waals surface area contributed by atoms with Gasteiger partial charge in [0.15, 0.2) is 0 Å². The Labute approximate surface area is 178 Å². The molecule has 2 atom stereocenters. The van der Waals surface area contributed by atoms with Gasteiger partial charge in [0.1, 0.15) is 6.23 Å². The zero-order chi connectivity index (χ0) is 22.2. The van der Waals surface area contributed by atoms with Crippen molar-refractivity contribution in [3.05, 3.63) is 70.9 Å². The number of hydrogen-bond acceptors (Lipinski definition) is 4. The molecule has 0 saturated carbocycles. The van der Waals surface area contributed by atoms with Crippen LogP contribution in [0.5, 0.6) is 0 Å². The Morgan fingerprint density at radius 3 is 2.68 bits per heavy atom. The number of nitrogen functional groups attached to an aromatic ring is 1. The standard InChI is InChI=1S/C23H25F3N4O/c1-13(16-9-18(23(24,25)26)12-19(27)10-16)30-22(31)20-11-17(14-2-5-28-6-3-14)8-15-4-7-29-21(15)20/h2,4,7-13,22,28-31H,3,5-6,27H2,1H3/t13-,22?/m1/s1. The lowest BCUT2D eigenvalue weighted by molar-refractivity contribution is -0.137. The minimum absolute atomic E-state index is 0.0274. The highest BCUT2D eigenvalue weighted by Crippen LogP contribution is 2.34. The Morgan fingerprint density at radius 2 is 1.97 bits per heavy atom. The number of halogens is 3. The SMILES string of the molecule is C[C@@H](NC(O)c1cc(C2=CCNCC2)cc2cc[nH]c12)c1cc(N)cc(C(F)(F)F)c1. The lowest BCUT2D eigenvalue weighted by Crippen LogP contribution is -2.25. The smallest absolute Gasteiger partial charge is 0.399 e. The molecule has 0 bridgehead atoms. The second kappa shape index (κ2) is 8.37. The van der Waals surface area contributed by atoms with E-state index in [1.807, 2.05) is 12.1 Å². The number of benzene rings is 2. The van der Waals surface area contributed by atoms with Gasteiger partial charge >= 0.3 is 6.18 Å². The van der Waals surface area contributed by atoms with Crippen LogP contribution in [0.4, 0.5) is 18.9 Å².